The Morgan fingerprint density at radius 2 is 2.05 bits per heavy atom. The van der Waals surface area contributed by atoms with Crippen LogP contribution in [-0.2, 0) is 0 Å². The summed E-state index contributed by atoms with van der Waals surface area (Å²) in [7, 11) is 1.71. The van der Waals surface area contributed by atoms with E-state index in [2.05, 4.69) is 30.4 Å². The third kappa shape index (κ3) is 4.10. The van der Waals surface area contributed by atoms with Gasteiger partial charge in [-0.25, -0.2) is 0 Å². The number of rotatable bonds is 7. The smallest absolute Gasteiger partial charge is 0.118 e. The molecule has 0 aliphatic heterocycles. The summed E-state index contributed by atoms with van der Waals surface area (Å²) in [5.41, 5.74) is 2.99. The second kappa shape index (κ2) is 7.34. The molecule has 19 heavy (non-hydrogen) atoms. The Balaban J connectivity index is 1.84. The van der Waals surface area contributed by atoms with E-state index in [9.17, 15) is 0 Å². The predicted molar refractivity (Wildman–Crippen MR) is 80.6 cm³/mol. The van der Waals surface area contributed by atoms with Crippen molar-refractivity contribution >= 4 is 0 Å². The normalized spacial score (nSPS) is 16.2. The van der Waals surface area contributed by atoms with Crippen molar-refractivity contribution in [3.63, 3.8) is 0 Å². The van der Waals surface area contributed by atoms with Gasteiger partial charge in [-0.2, -0.15) is 0 Å². The third-order valence-corrected chi connectivity index (χ3v) is 3.90. The van der Waals surface area contributed by atoms with E-state index in [0.29, 0.717) is 6.04 Å². The minimum Gasteiger partial charge on any atom is -0.497 e. The average molecular weight is 259 g/mol. The van der Waals surface area contributed by atoms with E-state index < -0.39 is 0 Å². The van der Waals surface area contributed by atoms with Crippen molar-refractivity contribution in [1.82, 2.24) is 5.32 Å². The molecule has 2 heteroatoms. The van der Waals surface area contributed by atoms with E-state index in [1.807, 2.05) is 12.1 Å². The van der Waals surface area contributed by atoms with Gasteiger partial charge < -0.3 is 10.1 Å². The van der Waals surface area contributed by atoms with Crippen LogP contribution < -0.4 is 10.1 Å². The van der Waals surface area contributed by atoms with Gasteiger partial charge in [0.1, 0.15) is 5.75 Å². The molecule has 0 saturated carbocycles. The van der Waals surface area contributed by atoms with Crippen molar-refractivity contribution in [2.45, 2.75) is 45.1 Å². The van der Waals surface area contributed by atoms with Gasteiger partial charge in [-0.15, -0.1) is 0 Å². The molecule has 1 N–H and O–H groups in total. The van der Waals surface area contributed by atoms with Crippen LogP contribution in [-0.4, -0.2) is 13.7 Å². The predicted octanol–water partition coefficient (Wildman–Crippen LogP) is 4.24. The Hall–Kier alpha value is -1.28. The Kier molecular flexibility index (Phi) is 5.46. The van der Waals surface area contributed by atoms with Crippen molar-refractivity contribution in [2.24, 2.45) is 0 Å². The molecule has 0 spiro atoms. The summed E-state index contributed by atoms with van der Waals surface area (Å²) >= 11 is 0. The van der Waals surface area contributed by atoms with E-state index in [-0.39, 0.29) is 0 Å². The molecule has 104 valence electrons. The average Bonchev–Trinajstić information content (AvgIpc) is 2.97. The lowest BCUT2D eigenvalue weighted by Gasteiger charge is -2.18. The number of hydrogen-bond acceptors (Lipinski definition) is 2. The summed E-state index contributed by atoms with van der Waals surface area (Å²) in [5.74, 6) is 0.926. The van der Waals surface area contributed by atoms with Crippen LogP contribution in [0.2, 0.25) is 0 Å². The molecule has 1 aliphatic carbocycles. The molecule has 0 saturated heterocycles. The molecule has 1 aromatic carbocycles. The SMILES string of the molecule is CCC(NCCC1=CCCC1)c1ccc(OC)cc1. The van der Waals surface area contributed by atoms with Gasteiger partial charge >= 0.3 is 0 Å². The first kappa shape index (κ1) is 14.1. The zero-order valence-corrected chi connectivity index (χ0v) is 12.1. The van der Waals surface area contributed by atoms with Crippen molar-refractivity contribution in [3.8, 4) is 5.75 Å². The standard InChI is InChI=1S/C17H25NO/c1-3-17(15-8-10-16(19-2)11-9-15)18-13-12-14-6-4-5-7-14/h6,8-11,17-18H,3-5,7,12-13H2,1-2H3. The molecule has 2 rings (SSSR count). The summed E-state index contributed by atoms with van der Waals surface area (Å²) in [4.78, 5) is 0. The van der Waals surface area contributed by atoms with E-state index in [4.69, 9.17) is 4.74 Å². The Bertz CT molecular complexity index is 408. The van der Waals surface area contributed by atoms with Crippen LogP contribution in [0.3, 0.4) is 0 Å². The van der Waals surface area contributed by atoms with E-state index in [1.165, 1.54) is 31.2 Å². The highest BCUT2D eigenvalue weighted by Gasteiger charge is 2.09. The van der Waals surface area contributed by atoms with Crippen molar-refractivity contribution in [1.29, 1.82) is 0 Å². The molecule has 0 heterocycles. The number of ether oxygens (including phenoxy) is 1. The van der Waals surface area contributed by atoms with Gasteiger partial charge in [0.25, 0.3) is 0 Å². The molecule has 0 fully saturated rings. The Morgan fingerprint density at radius 1 is 1.26 bits per heavy atom. The van der Waals surface area contributed by atoms with Crippen LogP contribution in [0.15, 0.2) is 35.9 Å². The second-order valence-corrected chi connectivity index (χ2v) is 5.19. The molecule has 0 aromatic heterocycles. The lowest BCUT2D eigenvalue weighted by Crippen LogP contribution is -2.22. The van der Waals surface area contributed by atoms with Gasteiger partial charge in [-0.1, -0.05) is 30.7 Å². The van der Waals surface area contributed by atoms with Gasteiger partial charge in [0, 0.05) is 6.04 Å². The second-order valence-electron chi connectivity index (χ2n) is 5.19. The van der Waals surface area contributed by atoms with Gasteiger partial charge in [0.05, 0.1) is 7.11 Å². The van der Waals surface area contributed by atoms with Gasteiger partial charge in [0.15, 0.2) is 0 Å². The monoisotopic (exact) mass is 259 g/mol. The molecule has 1 unspecified atom stereocenters. The lowest BCUT2D eigenvalue weighted by molar-refractivity contribution is 0.414. The first-order valence-electron chi connectivity index (χ1n) is 7.38. The van der Waals surface area contributed by atoms with Gasteiger partial charge in [0.2, 0.25) is 0 Å². The number of benzene rings is 1. The maximum atomic E-state index is 5.20. The minimum atomic E-state index is 0.452. The maximum Gasteiger partial charge on any atom is 0.118 e. The zero-order chi connectivity index (χ0) is 13.5. The fourth-order valence-corrected chi connectivity index (χ4v) is 2.71. The Labute approximate surface area is 116 Å². The van der Waals surface area contributed by atoms with Crippen LogP contribution in [0.5, 0.6) is 5.75 Å². The molecule has 0 amide bonds. The first-order valence-corrected chi connectivity index (χ1v) is 7.38. The van der Waals surface area contributed by atoms with Crippen LogP contribution >= 0.6 is 0 Å². The number of methoxy groups -OCH3 is 1. The van der Waals surface area contributed by atoms with Crippen molar-refractivity contribution in [2.75, 3.05) is 13.7 Å². The molecule has 1 aromatic rings. The highest BCUT2D eigenvalue weighted by atomic mass is 16.5. The fourth-order valence-electron chi connectivity index (χ4n) is 2.71. The summed E-state index contributed by atoms with van der Waals surface area (Å²) in [6.07, 6.45) is 8.67. The minimum absolute atomic E-state index is 0.452. The lowest BCUT2D eigenvalue weighted by atomic mass is 10.0. The highest BCUT2D eigenvalue weighted by molar-refractivity contribution is 5.29. The number of hydrogen-bond donors (Lipinski definition) is 1. The number of nitrogens with one attached hydrogen (secondary N) is 1. The molecule has 0 radical (unpaired) electrons. The van der Waals surface area contributed by atoms with Crippen molar-refractivity contribution in [3.05, 3.63) is 41.5 Å². The van der Waals surface area contributed by atoms with E-state index in [1.54, 1.807) is 12.7 Å². The number of allylic oxidation sites excluding steroid dienone is 1. The van der Waals surface area contributed by atoms with Crippen LogP contribution in [0, 0.1) is 0 Å². The van der Waals surface area contributed by atoms with E-state index in [0.717, 1.165) is 18.7 Å². The van der Waals surface area contributed by atoms with Gasteiger partial charge in [-0.05, 0) is 56.3 Å². The third-order valence-electron chi connectivity index (χ3n) is 3.90. The van der Waals surface area contributed by atoms with Crippen LogP contribution in [0.1, 0.15) is 50.6 Å². The summed E-state index contributed by atoms with van der Waals surface area (Å²) < 4.78 is 5.20. The molecule has 1 aliphatic rings. The van der Waals surface area contributed by atoms with Crippen LogP contribution in [0.4, 0.5) is 0 Å². The maximum absolute atomic E-state index is 5.20. The Morgan fingerprint density at radius 3 is 2.63 bits per heavy atom. The van der Waals surface area contributed by atoms with Crippen molar-refractivity contribution < 1.29 is 4.74 Å². The van der Waals surface area contributed by atoms with E-state index >= 15 is 0 Å². The largest absolute Gasteiger partial charge is 0.497 e. The molecular weight excluding hydrogens is 234 g/mol. The quantitative estimate of drug-likeness (QED) is 0.740. The summed E-state index contributed by atoms with van der Waals surface area (Å²) in [5, 5.41) is 3.67. The topological polar surface area (TPSA) is 21.3 Å². The summed E-state index contributed by atoms with van der Waals surface area (Å²) in [6.45, 7) is 3.31. The van der Waals surface area contributed by atoms with Gasteiger partial charge in [-0.3, -0.25) is 0 Å². The summed E-state index contributed by atoms with van der Waals surface area (Å²) in [6, 6.07) is 8.86. The van der Waals surface area contributed by atoms with Crippen LogP contribution in [0.25, 0.3) is 0 Å². The molecular formula is C17H25NO. The molecule has 1 atom stereocenters. The molecule has 0 bridgehead atoms. The molecule has 2 nitrogen and oxygen atoms in total. The highest BCUT2D eigenvalue weighted by Crippen LogP contribution is 2.22. The first-order chi connectivity index (χ1) is 9.33. The fraction of sp³-hybridized carbons (Fsp3) is 0.529. The zero-order valence-electron chi connectivity index (χ0n) is 12.1.